The van der Waals surface area contributed by atoms with Crippen molar-refractivity contribution in [2.24, 2.45) is 23.5 Å². The van der Waals surface area contributed by atoms with E-state index in [9.17, 15) is 39.9 Å². The van der Waals surface area contributed by atoms with Crippen molar-refractivity contribution in [3.63, 3.8) is 0 Å². The molecule has 3 aliphatic carbocycles. The topological polar surface area (TPSA) is 185 Å². The van der Waals surface area contributed by atoms with Crippen molar-refractivity contribution >= 4 is 23.2 Å². The zero-order valence-corrected chi connectivity index (χ0v) is 20.9. The van der Waals surface area contributed by atoms with Gasteiger partial charge in [-0.15, -0.1) is 0 Å². The van der Waals surface area contributed by atoms with Gasteiger partial charge in [-0.05, 0) is 38.9 Å². The van der Waals surface area contributed by atoms with Gasteiger partial charge in [0.1, 0.15) is 28.7 Å². The number of ketones is 2. The lowest BCUT2D eigenvalue weighted by Crippen LogP contribution is -2.65. The van der Waals surface area contributed by atoms with Crippen molar-refractivity contribution in [1.82, 2.24) is 9.80 Å². The van der Waals surface area contributed by atoms with Crippen LogP contribution >= 0.6 is 0 Å². The van der Waals surface area contributed by atoms with Gasteiger partial charge in [0.25, 0.3) is 5.91 Å². The lowest BCUT2D eigenvalue weighted by molar-refractivity contribution is -0.153. The molecule has 38 heavy (non-hydrogen) atoms. The second kappa shape index (κ2) is 8.87. The average Bonchev–Trinajstić information content (AvgIpc) is 2.80. The molecule has 0 radical (unpaired) electrons. The number of phenols is 1. The molecule has 1 aromatic rings. The second-order valence-corrected chi connectivity index (χ2v) is 10.9. The Balaban J connectivity index is 1.62. The molecule has 1 heterocycles. The Morgan fingerprint density at radius 3 is 2.47 bits per heavy atom. The van der Waals surface area contributed by atoms with Crippen LogP contribution in [0, 0.1) is 23.6 Å². The summed E-state index contributed by atoms with van der Waals surface area (Å²) in [5.41, 5.74) is 1.27. The van der Waals surface area contributed by atoms with E-state index in [0.717, 1.165) is 0 Å². The maximum Gasteiger partial charge on any atom is 0.255 e. The predicted molar refractivity (Wildman–Crippen MR) is 130 cm³/mol. The molecule has 11 nitrogen and oxygen atoms in total. The first-order valence-corrected chi connectivity index (χ1v) is 12.3. The van der Waals surface area contributed by atoms with Gasteiger partial charge in [0.15, 0.2) is 11.4 Å². The minimum atomic E-state index is -2.74. The standard InChI is InChI=1S/C26H30FN3O8/c1-29(2)20-14-4-11-3-13-17(15(32)5-12(19(13)27)8-30-6-10(7-30)9-31)21(33)16(11)23(35)26(14,38)24(36)18(22(20)34)25(28)37/h5,10-11,14,20,31-33,36,38H,3-4,6-9H2,1-2H3,(H2,28,37)/t11-,14-,20-,26-/m0/s1. The van der Waals surface area contributed by atoms with E-state index in [1.807, 2.05) is 4.90 Å². The Kier molecular flexibility index (Phi) is 6.14. The van der Waals surface area contributed by atoms with E-state index >= 15 is 4.39 Å². The number of amides is 1. The number of nitrogens with two attached hydrogens (primary N) is 1. The molecule has 5 rings (SSSR count). The Hall–Kier alpha value is -3.32. The van der Waals surface area contributed by atoms with Gasteiger partial charge in [0.05, 0.1) is 11.6 Å². The number of rotatable bonds is 5. The SMILES string of the molecule is CN(C)[C@@H]1C(=O)C(C(N)=O)=C(O)[C@@]2(O)C(=O)C3=C(O)c4c(O)cc(CN5CC(CO)C5)c(F)c4C[C@H]3C[C@@H]12. The summed E-state index contributed by atoms with van der Waals surface area (Å²) >= 11 is 0. The molecule has 12 heteroatoms. The Morgan fingerprint density at radius 1 is 1.24 bits per heavy atom. The van der Waals surface area contributed by atoms with Crippen LogP contribution in [0.1, 0.15) is 23.1 Å². The van der Waals surface area contributed by atoms with Crippen molar-refractivity contribution in [2.45, 2.75) is 31.0 Å². The summed E-state index contributed by atoms with van der Waals surface area (Å²) in [7, 11) is 3.02. The van der Waals surface area contributed by atoms with Gasteiger partial charge < -0.3 is 31.3 Å². The van der Waals surface area contributed by atoms with Crippen LogP contribution < -0.4 is 5.73 Å². The Bertz CT molecular complexity index is 1330. The number of hydrogen-bond acceptors (Lipinski definition) is 10. The number of carbonyl (C=O) groups is 3. The number of aliphatic hydroxyl groups is 4. The predicted octanol–water partition coefficient (Wildman–Crippen LogP) is -0.473. The van der Waals surface area contributed by atoms with Crippen LogP contribution in [0.3, 0.4) is 0 Å². The number of Topliss-reactive ketones (excluding diaryl/α,β-unsaturated/α-hetero) is 2. The first kappa shape index (κ1) is 26.3. The number of aromatic hydroxyl groups is 1. The number of aliphatic hydroxyl groups excluding tert-OH is 3. The van der Waals surface area contributed by atoms with Gasteiger partial charge in [-0.2, -0.15) is 0 Å². The van der Waals surface area contributed by atoms with E-state index in [4.69, 9.17) is 5.73 Å². The summed E-state index contributed by atoms with van der Waals surface area (Å²) in [5, 5.41) is 53.5. The molecule has 1 amide bonds. The molecule has 2 fully saturated rings. The molecule has 1 aliphatic heterocycles. The number of primary amides is 1. The third kappa shape index (κ3) is 3.51. The molecule has 7 N–H and O–H groups in total. The lowest BCUT2D eigenvalue weighted by Gasteiger charge is -2.50. The third-order valence-corrected chi connectivity index (χ3v) is 8.41. The van der Waals surface area contributed by atoms with Crippen molar-refractivity contribution in [1.29, 1.82) is 0 Å². The van der Waals surface area contributed by atoms with Gasteiger partial charge in [0, 0.05) is 54.8 Å². The summed E-state index contributed by atoms with van der Waals surface area (Å²) in [4.78, 5) is 42.2. The van der Waals surface area contributed by atoms with Gasteiger partial charge in [-0.3, -0.25) is 24.2 Å². The molecule has 204 valence electrons. The lowest BCUT2D eigenvalue weighted by atomic mass is 9.57. The first-order chi connectivity index (χ1) is 17.8. The number of nitrogens with zero attached hydrogens (tertiary/aromatic N) is 2. The second-order valence-electron chi connectivity index (χ2n) is 10.9. The largest absolute Gasteiger partial charge is 0.508 e. The molecule has 4 aliphatic rings. The van der Waals surface area contributed by atoms with Crippen LogP contribution in [-0.4, -0.2) is 98.2 Å². The van der Waals surface area contributed by atoms with E-state index in [1.54, 1.807) is 0 Å². The monoisotopic (exact) mass is 531 g/mol. The van der Waals surface area contributed by atoms with Gasteiger partial charge >= 0.3 is 0 Å². The number of benzene rings is 1. The van der Waals surface area contributed by atoms with E-state index in [2.05, 4.69) is 0 Å². The van der Waals surface area contributed by atoms with Crippen molar-refractivity contribution < 1.29 is 44.3 Å². The maximum atomic E-state index is 15.7. The average molecular weight is 532 g/mol. The van der Waals surface area contributed by atoms with E-state index < -0.39 is 69.6 Å². The summed E-state index contributed by atoms with van der Waals surface area (Å²) in [5.74, 6) is -8.27. The zero-order valence-electron chi connectivity index (χ0n) is 20.9. The Morgan fingerprint density at radius 2 is 1.89 bits per heavy atom. The number of likely N-dealkylation sites (tertiary alicyclic amines) is 1. The fraction of sp³-hybridized carbons (Fsp3) is 0.500. The molecule has 0 aromatic heterocycles. The summed E-state index contributed by atoms with van der Waals surface area (Å²) in [6.07, 6.45) is -0.221. The maximum absolute atomic E-state index is 15.7. The highest BCUT2D eigenvalue weighted by Crippen LogP contribution is 2.53. The smallest absolute Gasteiger partial charge is 0.255 e. The number of hydrogen-bond donors (Lipinski definition) is 6. The fourth-order valence-corrected chi connectivity index (χ4v) is 6.62. The van der Waals surface area contributed by atoms with Crippen LogP contribution in [0.25, 0.3) is 5.76 Å². The molecular formula is C26H30FN3O8. The molecule has 4 atom stereocenters. The summed E-state index contributed by atoms with van der Waals surface area (Å²) in [6.45, 7) is 1.36. The molecule has 0 bridgehead atoms. The van der Waals surface area contributed by atoms with E-state index in [-0.39, 0.29) is 54.2 Å². The van der Waals surface area contributed by atoms with Crippen molar-refractivity contribution in [2.75, 3.05) is 33.8 Å². The molecule has 0 spiro atoms. The molecular weight excluding hydrogens is 501 g/mol. The highest BCUT2D eigenvalue weighted by atomic mass is 19.1. The van der Waals surface area contributed by atoms with Gasteiger partial charge in [-0.25, -0.2) is 4.39 Å². The van der Waals surface area contributed by atoms with Crippen molar-refractivity contribution in [3.8, 4) is 5.75 Å². The third-order valence-electron chi connectivity index (χ3n) is 8.41. The van der Waals surface area contributed by atoms with E-state index in [1.165, 1.54) is 25.1 Å². The Labute approximate surface area is 217 Å². The van der Waals surface area contributed by atoms with Crippen LogP contribution in [0.2, 0.25) is 0 Å². The summed E-state index contributed by atoms with van der Waals surface area (Å²) in [6, 6.07) is -0.0327. The molecule has 1 saturated heterocycles. The first-order valence-electron chi connectivity index (χ1n) is 12.3. The number of halogens is 1. The van der Waals surface area contributed by atoms with Crippen LogP contribution in [0.4, 0.5) is 4.39 Å². The number of fused-ring (bicyclic) bond motifs is 3. The van der Waals surface area contributed by atoms with Gasteiger partial charge in [0.2, 0.25) is 5.78 Å². The number of carbonyl (C=O) groups excluding carboxylic acids is 3. The van der Waals surface area contributed by atoms with Crippen molar-refractivity contribution in [3.05, 3.63) is 45.5 Å². The van der Waals surface area contributed by atoms with Crippen LogP contribution in [0.5, 0.6) is 5.75 Å². The number of phenolic OH excluding ortho intramolecular Hbond substituents is 1. The highest BCUT2D eigenvalue weighted by Gasteiger charge is 2.64. The minimum Gasteiger partial charge on any atom is -0.508 e. The highest BCUT2D eigenvalue weighted by molar-refractivity contribution is 6.24. The fourth-order valence-electron chi connectivity index (χ4n) is 6.62. The number of likely N-dealkylation sites (N-methyl/N-ethyl adjacent to an activating group) is 1. The normalized spacial score (nSPS) is 29.8. The summed E-state index contributed by atoms with van der Waals surface area (Å²) < 4.78 is 15.7. The van der Waals surface area contributed by atoms with E-state index in [0.29, 0.717) is 13.1 Å². The molecule has 1 saturated carbocycles. The quantitative estimate of drug-likeness (QED) is 0.271. The van der Waals surface area contributed by atoms with Gasteiger partial charge in [-0.1, -0.05) is 0 Å². The minimum absolute atomic E-state index is 0.00449. The molecule has 1 aromatic carbocycles. The van der Waals surface area contributed by atoms with Crippen LogP contribution in [0.15, 0.2) is 23.0 Å². The van der Waals surface area contributed by atoms with Crippen LogP contribution in [-0.2, 0) is 27.3 Å². The molecule has 0 unspecified atom stereocenters. The zero-order chi connectivity index (χ0) is 27.8.